The summed E-state index contributed by atoms with van der Waals surface area (Å²) in [5.74, 6) is -17.2. The average Bonchev–Trinajstić information content (AvgIpc) is 2.78. The molecule has 172 valence electrons. The van der Waals surface area contributed by atoms with Crippen LogP contribution in [0.15, 0.2) is 49.2 Å². The van der Waals surface area contributed by atoms with Gasteiger partial charge >= 0.3 is 11.7 Å². The fourth-order valence-corrected chi connectivity index (χ4v) is 3.51. The molecule has 0 bridgehead atoms. The van der Waals surface area contributed by atoms with Crippen molar-refractivity contribution >= 4 is 11.3 Å². The van der Waals surface area contributed by atoms with Crippen molar-refractivity contribution in [2.24, 2.45) is 0 Å². The molecule has 4 rings (SSSR count). The fraction of sp³-hybridized carbons (Fsp3) is 0.150. The lowest BCUT2D eigenvalue weighted by atomic mass is 9.82. The number of allylic oxidation sites excluding steroid dienone is 1. The average molecular weight is 476 g/mol. The van der Waals surface area contributed by atoms with Crippen LogP contribution in [-0.4, -0.2) is 32.2 Å². The number of rotatable bonds is 3. The highest BCUT2D eigenvalue weighted by Gasteiger charge is 2.71. The van der Waals surface area contributed by atoms with E-state index in [4.69, 9.17) is 0 Å². The molecule has 3 aromatic rings. The maximum atomic E-state index is 15.8. The molecule has 0 saturated heterocycles. The number of aromatic nitrogens is 3. The molecule has 0 spiro atoms. The Kier molecular flexibility index (Phi) is 5.29. The van der Waals surface area contributed by atoms with Gasteiger partial charge in [-0.15, -0.1) is 0 Å². The van der Waals surface area contributed by atoms with Crippen molar-refractivity contribution in [3.05, 3.63) is 89.3 Å². The first-order valence-electron chi connectivity index (χ1n) is 8.94. The Balaban J connectivity index is 2.18. The zero-order chi connectivity index (χ0) is 24.1. The molecule has 1 aliphatic heterocycles. The van der Waals surface area contributed by atoms with E-state index < -0.39 is 74.4 Å². The van der Waals surface area contributed by atoms with Gasteiger partial charge in [-0.05, 0) is 18.2 Å². The van der Waals surface area contributed by atoms with Crippen LogP contribution < -0.4 is 0 Å². The summed E-state index contributed by atoms with van der Waals surface area (Å²) < 4.78 is 135. The first-order valence-corrected chi connectivity index (χ1v) is 8.94. The predicted octanol–water partition coefficient (Wildman–Crippen LogP) is 5.29. The quantitative estimate of drug-likeness (QED) is 0.223. The van der Waals surface area contributed by atoms with Gasteiger partial charge in [0.05, 0.1) is 29.2 Å². The van der Waals surface area contributed by atoms with Gasteiger partial charge in [0.25, 0.3) is 0 Å². The summed E-state index contributed by atoms with van der Waals surface area (Å²) in [7, 11) is 0. The molecule has 1 aliphatic rings. The molecular weight excluding hydrogens is 467 g/mol. The van der Waals surface area contributed by atoms with Gasteiger partial charge in [0, 0.05) is 29.7 Å². The van der Waals surface area contributed by atoms with Gasteiger partial charge in [-0.3, -0.25) is 9.97 Å². The Labute approximate surface area is 179 Å². The monoisotopic (exact) mass is 476 g/mol. The maximum absolute atomic E-state index is 15.8. The summed E-state index contributed by atoms with van der Waals surface area (Å²) in [6.07, 6.45) is -1.33. The van der Waals surface area contributed by atoms with E-state index in [1.165, 1.54) is 0 Å². The SMILES string of the molecule is Fc1cncc(F)c1C1=C(c2c(F)ccnc2F)N(F)C(F)(c2ccncc2)C(F)(F)C1F. The molecule has 0 amide bonds. The van der Waals surface area contributed by atoms with Crippen LogP contribution in [0.25, 0.3) is 11.3 Å². The molecule has 0 saturated carbocycles. The predicted molar refractivity (Wildman–Crippen MR) is 94.9 cm³/mol. The number of alkyl halides is 4. The normalized spacial score (nSPS) is 22.6. The minimum absolute atomic E-state index is 0.270. The summed E-state index contributed by atoms with van der Waals surface area (Å²) in [5, 5.41) is -1.46. The van der Waals surface area contributed by atoms with Crippen LogP contribution >= 0.6 is 0 Å². The van der Waals surface area contributed by atoms with Crippen molar-refractivity contribution in [1.29, 1.82) is 0 Å². The van der Waals surface area contributed by atoms with Crippen LogP contribution in [0, 0.1) is 23.4 Å². The van der Waals surface area contributed by atoms with E-state index in [1.54, 1.807) is 0 Å². The van der Waals surface area contributed by atoms with Gasteiger partial charge in [-0.2, -0.15) is 18.3 Å². The largest absolute Gasteiger partial charge is 0.341 e. The van der Waals surface area contributed by atoms with E-state index in [9.17, 15) is 17.6 Å². The molecule has 13 heteroatoms. The molecule has 4 heterocycles. The zero-order valence-corrected chi connectivity index (χ0v) is 15.9. The standard InChI is InChI=1S/C20H9F9N4/c21-10-3-6-32-18(25)14(10)16-15(13-11(22)7-31-8-12(13)23)17(24)19(26,27)20(28,33(16)29)9-1-4-30-5-2-9/h1-8,17H. The number of nitrogens with zero attached hydrogens (tertiary/aromatic N) is 4. The van der Waals surface area contributed by atoms with E-state index in [0.717, 1.165) is 12.4 Å². The van der Waals surface area contributed by atoms with Gasteiger partial charge < -0.3 is 0 Å². The Morgan fingerprint density at radius 2 is 1.39 bits per heavy atom. The lowest BCUT2D eigenvalue weighted by molar-refractivity contribution is -0.274. The summed E-state index contributed by atoms with van der Waals surface area (Å²) >= 11 is 0. The molecule has 4 nitrogen and oxygen atoms in total. The maximum Gasteiger partial charge on any atom is 0.341 e. The molecule has 0 fully saturated rings. The molecular formula is C20H9F9N4. The van der Waals surface area contributed by atoms with Gasteiger partial charge in [0.1, 0.15) is 5.82 Å². The smallest absolute Gasteiger partial charge is 0.265 e. The molecule has 0 N–H and O–H groups in total. The van der Waals surface area contributed by atoms with Crippen molar-refractivity contribution in [2.75, 3.05) is 0 Å². The Bertz CT molecular complexity index is 1210. The van der Waals surface area contributed by atoms with Gasteiger partial charge in [0.2, 0.25) is 5.95 Å². The Morgan fingerprint density at radius 1 is 0.788 bits per heavy atom. The van der Waals surface area contributed by atoms with E-state index in [-0.39, 0.29) is 12.4 Å². The highest BCUT2D eigenvalue weighted by atomic mass is 19.3. The van der Waals surface area contributed by atoms with E-state index in [0.29, 0.717) is 24.4 Å². The van der Waals surface area contributed by atoms with Crippen molar-refractivity contribution < 1.29 is 39.6 Å². The number of pyridine rings is 3. The van der Waals surface area contributed by atoms with Crippen molar-refractivity contribution in [1.82, 2.24) is 20.1 Å². The zero-order valence-electron chi connectivity index (χ0n) is 15.9. The second kappa shape index (κ2) is 7.74. The third kappa shape index (κ3) is 3.13. The summed E-state index contributed by atoms with van der Waals surface area (Å²) in [6.45, 7) is 0. The third-order valence-corrected chi connectivity index (χ3v) is 5.01. The van der Waals surface area contributed by atoms with Crippen molar-refractivity contribution in [3.8, 4) is 0 Å². The third-order valence-electron chi connectivity index (χ3n) is 5.01. The summed E-state index contributed by atoms with van der Waals surface area (Å²) in [5.41, 5.74) is -8.17. The molecule has 0 aliphatic carbocycles. The summed E-state index contributed by atoms with van der Waals surface area (Å²) in [6, 6.07) is 1.57. The molecule has 33 heavy (non-hydrogen) atoms. The van der Waals surface area contributed by atoms with E-state index in [1.807, 2.05) is 0 Å². The van der Waals surface area contributed by atoms with Crippen molar-refractivity contribution in [2.45, 2.75) is 17.9 Å². The number of halogens is 9. The van der Waals surface area contributed by atoms with Crippen LogP contribution in [0.1, 0.15) is 16.7 Å². The topological polar surface area (TPSA) is 41.9 Å². The first-order chi connectivity index (χ1) is 15.5. The van der Waals surface area contributed by atoms with Crippen LogP contribution in [0.5, 0.6) is 0 Å². The first kappa shape index (κ1) is 22.6. The van der Waals surface area contributed by atoms with Crippen molar-refractivity contribution in [3.63, 3.8) is 0 Å². The van der Waals surface area contributed by atoms with Gasteiger partial charge in [-0.25, -0.2) is 26.9 Å². The minimum Gasteiger partial charge on any atom is -0.265 e. The van der Waals surface area contributed by atoms with Crippen LogP contribution in [0.3, 0.4) is 0 Å². The van der Waals surface area contributed by atoms with Crippen LogP contribution in [0.2, 0.25) is 0 Å². The highest BCUT2D eigenvalue weighted by Crippen LogP contribution is 2.58. The van der Waals surface area contributed by atoms with Gasteiger partial charge in [-0.1, -0.05) is 4.48 Å². The van der Waals surface area contributed by atoms with E-state index in [2.05, 4.69) is 15.0 Å². The second-order valence-electron chi connectivity index (χ2n) is 6.82. The highest BCUT2D eigenvalue weighted by molar-refractivity contribution is 5.94. The molecule has 2 atom stereocenters. The number of hydrogen-bond donors (Lipinski definition) is 0. The van der Waals surface area contributed by atoms with E-state index >= 15 is 22.0 Å². The fourth-order valence-electron chi connectivity index (χ4n) is 3.51. The lowest BCUT2D eigenvalue weighted by Crippen LogP contribution is -2.59. The molecule has 2 unspecified atom stereocenters. The Morgan fingerprint density at radius 3 is 1.97 bits per heavy atom. The molecule has 0 radical (unpaired) electrons. The van der Waals surface area contributed by atoms with Gasteiger partial charge in [0.15, 0.2) is 17.8 Å². The van der Waals surface area contributed by atoms with Crippen LogP contribution in [-0.2, 0) is 5.79 Å². The number of hydrogen-bond acceptors (Lipinski definition) is 4. The molecule has 3 aromatic heterocycles. The summed E-state index contributed by atoms with van der Waals surface area (Å²) in [4.78, 5) is 9.59. The lowest BCUT2D eigenvalue weighted by Gasteiger charge is -2.45. The van der Waals surface area contributed by atoms with Crippen LogP contribution in [0.4, 0.5) is 39.6 Å². The molecule has 0 aromatic carbocycles. The second-order valence-corrected chi connectivity index (χ2v) is 6.82. The Hall–Kier alpha value is -3.64. The minimum atomic E-state index is -5.36.